The Morgan fingerprint density at radius 1 is 1.80 bits per heavy atom. The summed E-state index contributed by atoms with van der Waals surface area (Å²) in [6.45, 7) is 0. The highest BCUT2D eigenvalue weighted by Gasteiger charge is 2.18. The molecule has 0 aliphatic heterocycles. The van der Waals surface area contributed by atoms with E-state index in [-0.39, 0.29) is 17.7 Å². The first-order valence-corrected chi connectivity index (χ1v) is 3.34. The van der Waals surface area contributed by atoms with Crippen molar-refractivity contribution < 1.29 is 9.18 Å². The van der Waals surface area contributed by atoms with Crippen molar-refractivity contribution in [2.75, 3.05) is 0 Å². The SMILES string of the molecule is NC(=O)C1CC=C(F)CC1. The van der Waals surface area contributed by atoms with Gasteiger partial charge in [0.1, 0.15) is 0 Å². The highest BCUT2D eigenvalue weighted by atomic mass is 19.1. The lowest BCUT2D eigenvalue weighted by molar-refractivity contribution is -0.122. The van der Waals surface area contributed by atoms with E-state index in [1.807, 2.05) is 0 Å². The van der Waals surface area contributed by atoms with Gasteiger partial charge in [0, 0.05) is 5.92 Å². The van der Waals surface area contributed by atoms with Crippen LogP contribution in [-0.2, 0) is 4.79 Å². The van der Waals surface area contributed by atoms with E-state index in [0.29, 0.717) is 19.3 Å². The molecule has 1 rings (SSSR count). The first kappa shape index (κ1) is 7.25. The maximum absolute atomic E-state index is 12.3. The predicted molar refractivity (Wildman–Crippen MR) is 35.7 cm³/mol. The Morgan fingerprint density at radius 3 is 2.90 bits per heavy atom. The monoisotopic (exact) mass is 143 g/mol. The number of primary amides is 1. The fraction of sp³-hybridized carbons (Fsp3) is 0.571. The second-order valence-corrected chi connectivity index (χ2v) is 2.52. The van der Waals surface area contributed by atoms with Crippen molar-refractivity contribution in [3.05, 3.63) is 11.9 Å². The minimum absolute atomic E-state index is 0.113. The van der Waals surface area contributed by atoms with Crippen LogP contribution in [0.15, 0.2) is 11.9 Å². The second kappa shape index (κ2) is 2.82. The van der Waals surface area contributed by atoms with Gasteiger partial charge in [-0.2, -0.15) is 0 Å². The molecular formula is C7H10FNO. The van der Waals surface area contributed by atoms with Crippen LogP contribution in [0.25, 0.3) is 0 Å². The zero-order valence-electron chi connectivity index (χ0n) is 5.64. The van der Waals surface area contributed by atoms with Gasteiger partial charge in [0.15, 0.2) is 0 Å². The Bertz CT molecular complexity index is 176. The van der Waals surface area contributed by atoms with Gasteiger partial charge in [-0.05, 0) is 19.3 Å². The van der Waals surface area contributed by atoms with Crippen LogP contribution in [0.1, 0.15) is 19.3 Å². The van der Waals surface area contributed by atoms with Crippen molar-refractivity contribution in [1.29, 1.82) is 0 Å². The van der Waals surface area contributed by atoms with E-state index in [4.69, 9.17) is 5.73 Å². The zero-order valence-corrected chi connectivity index (χ0v) is 5.64. The third-order valence-electron chi connectivity index (χ3n) is 1.76. The maximum atomic E-state index is 12.3. The van der Waals surface area contributed by atoms with Crippen LogP contribution in [0.3, 0.4) is 0 Å². The third-order valence-corrected chi connectivity index (χ3v) is 1.76. The number of amides is 1. The molecule has 2 nitrogen and oxygen atoms in total. The molecule has 0 spiro atoms. The van der Waals surface area contributed by atoms with Gasteiger partial charge in [0.2, 0.25) is 5.91 Å². The Hall–Kier alpha value is -0.860. The molecule has 56 valence electrons. The van der Waals surface area contributed by atoms with Crippen LogP contribution in [0.2, 0.25) is 0 Å². The molecule has 0 aromatic heterocycles. The lowest BCUT2D eigenvalue weighted by Gasteiger charge is -2.14. The van der Waals surface area contributed by atoms with Crippen LogP contribution >= 0.6 is 0 Å². The molecule has 1 amide bonds. The second-order valence-electron chi connectivity index (χ2n) is 2.52. The van der Waals surface area contributed by atoms with Gasteiger partial charge in [0.25, 0.3) is 0 Å². The van der Waals surface area contributed by atoms with Gasteiger partial charge >= 0.3 is 0 Å². The van der Waals surface area contributed by atoms with E-state index in [1.165, 1.54) is 6.08 Å². The smallest absolute Gasteiger partial charge is 0.220 e. The number of rotatable bonds is 1. The molecular weight excluding hydrogens is 133 g/mol. The summed E-state index contributed by atoms with van der Waals surface area (Å²) in [4.78, 5) is 10.5. The molecule has 10 heavy (non-hydrogen) atoms. The number of nitrogens with two attached hydrogens (primary N) is 1. The molecule has 1 aliphatic carbocycles. The standard InChI is InChI=1S/C7H10FNO/c8-6-3-1-5(2-4-6)7(9)10/h3,5H,1-2,4H2,(H2,9,10). The molecule has 0 heterocycles. The highest BCUT2D eigenvalue weighted by Crippen LogP contribution is 2.23. The van der Waals surface area contributed by atoms with Crippen molar-refractivity contribution >= 4 is 5.91 Å². The molecule has 2 N–H and O–H groups in total. The number of carbonyl (C=O) groups excluding carboxylic acids is 1. The van der Waals surface area contributed by atoms with Crippen molar-refractivity contribution in [3.63, 3.8) is 0 Å². The topological polar surface area (TPSA) is 43.1 Å². The van der Waals surface area contributed by atoms with Gasteiger partial charge in [0.05, 0.1) is 5.83 Å². The van der Waals surface area contributed by atoms with Crippen molar-refractivity contribution in [2.24, 2.45) is 11.7 Å². The van der Waals surface area contributed by atoms with Crippen LogP contribution in [0.4, 0.5) is 4.39 Å². The summed E-state index contributed by atoms with van der Waals surface area (Å²) < 4.78 is 12.3. The molecule has 1 unspecified atom stereocenters. The summed E-state index contributed by atoms with van der Waals surface area (Å²) in [5, 5.41) is 0. The molecule has 0 radical (unpaired) electrons. The number of carbonyl (C=O) groups is 1. The van der Waals surface area contributed by atoms with E-state index in [2.05, 4.69) is 0 Å². The number of hydrogen-bond donors (Lipinski definition) is 1. The summed E-state index contributed by atoms with van der Waals surface area (Å²) in [7, 11) is 0. The Labute approximate surface area is 58.9 Å². The van der Waals surface area contributed by atoms with E-state index < -0.39 is 0 Å². The van der Waals surface area contributed by atoms with Crippen LogP contribution in [0.5, 0.6) is 0 Å². The Kier molecular flexibility index (Phi) is 2.04. The molecule has 0 aromatic rings. The molecule has 3 heteroatoms. The summed E-state index contributed by atoms with van der Waals surface area (Å²) in [6, 6.07) is 0. The van der Waals surface area contributed by atoms with Crippen molar-refractivity contribution in [3.8, 4) is 0 Å². The number of hydrogen-bond acceptors (Lipinski definition) is 1. The lowest BCUT2D eigenvalue weighted by atomic mass is 9.93. The summed E-state index contributed by atoms with van der Waals surface area (Å²) in [6.07, 6.45) is 2.85. The minimum Gasteiger partial charge on any atom is -0.369 e. The lowest BCUT2D eigenvalue weighted by Crippen LogP contribution is -2.24. The molecule has 0 fully saturated rings. The van der Waals surface area contributed by atoms with E-state index in [0.717, 1.165) is 0 Å². The average Bonchev–Trinajstić information content (AvgIpc) is 1.88. The maximum Gasteiger partial charge on any atom is 0.220 e. The molecule has 0 aromatic carbocycles. The first-order valence-electron chi connectivity index (χ1n) is 3.34. The van der Waals surface area contributed by atoms with Crippen molar-refractivity contribution in [2.45, 2.75) is 19.3 Å². The Balaban J connectivity index is 2.50. The van der Waals surface area contributed by atoms with Crippen molar-refractivity contribution in [1.82, 2.24) is 0 Å². The first-order chi connectivity index (χ1) is 4.70. The van der Waals surface area contributed by atoms with Crippen LogP contribution in [0, 0.1) is 5.92 Å². The number of allylic oxidation sites excluding steroid dienone is 2. The molecule has 1 atom stereocenters. The van der Waals surface area contributed by atoms with Gasteiger partial charge < -0.3 is 5.73 Å². The number of halogens is 1. The summed E-state index contributed by atoms with van der Waals surface area (Å²) in [5.41, 5.74) is 5.02. The minimum atomic E-state index is -0.316. The summed E-state index contributed by atoms with van der Waals surface area (Å²) in [5.74, 6) is -0.569. The average molecular weight is 143 g/mol. The normalized spacial score (nSPS) is 25.7. The van der Waals surface area contributed by atoms with Gasteiger partial charge in [-0.1, -0.05) is 6.08 Å². The van der Waals surface area contributed by atoms with Gasteiger partial charge in [-0.25, -0.2) is 4.39 Å². The zero-order chi connectivity index (χ0) is 7.56. The van der Waals surface area contributed by atoms with E-state index in [1.54, 1.807) is 0 Å². The summed E-state index contributed by atoms with van der Waals surface area (Å²) >= 11 is 0. The fourth-order valence-electron chi connectivity index (χ4n) is 1.06. The molecule has 0 bridgehead atoms. The van der Waals surface area contributed by atoms with Gasteiger partial charge in [-0.15, -0.1) is 0 Å². The van der Waals surface area contributed by atoms with E-state index >= 15 is 0 Å². The van der Waals surface area contributed by atoms with Gasteiger partial charge in [-0.3, -0.25) is 4.79 Å². The quantitative estimate of drug-likeness (QED) is 0.587. The van der Waals surface area contributed by atoms with Crippen LogP contribution < -0.4 is 5.73 Å². The molecule has 1 aliphatic rings. The highest BCUT2D eigenvalue weighted by molar-refractivity contribution is 5.76. The van der Waals surface area contributed by atoms with E-state index in [9.17, 15) is 9.18 Å². The predicted octanol–water partition coefficient (Wildman–Crippen LogP) is 1.13. The molecule has 0 saturated heterocycles. The van der Waals surface area contributed by atoms with Crippen LogP contribution in [-0.4, -0.2) is 5.91 Å². The fourth-order valence-corrected chi connectivity index (χ4v) is 1.06. The third kappa shape index (κ3) is 1.56. The Morgan fingerprint density at radius 2 is 2.50 bits per heavy atom. The molecule has 0 saturated carbocycles. The largest absolute Gasteiger partial charge is 0.369 e.